The second-order valence-electron chi connectivity index (χ2n) is 5.43. The predicted octanol–water partition coefficient (Wildman–Crippen LogP) is -0.00500. The van der Waals surface area contributed by atoms with Gasteiger partial charge in [0.25, 0.3) is 5.91 Å². The third kappa shape index (κ3) is 10.6. The second kappa shape index (κ2) is 10.8. The average molecular weight is 416 g/mol. The Labute approximate surface area is 155 Å². The normalized spacial score (nSPS) is 17.1. The van der Waals surface area contributed by atoms with E-state index in [1.165, 1.54) is 12.4 Å². The van der Waals surface area contributed by atoms with Crippen LogP contribution in [0, 0.1) is 0 Å². The number of aromatic nitrogens is 2. The molecule has 1 saturated heterocycles. The van der Waals surface area contributed by atoms with Crippen molar-refractivity contribution in [3.8, 4) is 0 Å². The highest BCUT2D eigenvalue weighted by molar-refractivity contribution is 5.91. The van der Waals surface area contributed by atoms with Gasteiger partial charge in [0.2, 0.25) is 5.91 Å². The maximum absolute atomic E-state index is 11.7. The first-order valence-electron chi connectivity index (χ1n) is 7.87. The molecular formula is C14H18F6N6O2. The van der Waals surface area contributed by atoms with Crippen molar-refractivity contribution in [2.75, 3.05) is 32.7 Å². The van der Waals surface area contributed by atoms with Gasteiger partial charge in [-0.25, -0.2) is 4.98 Å². The summed E-state index contributed by atoms with van der Waals surface area (Å²) in [6.45, 7) is -0.969. The minimum atomic E-state index is -4.42. The van der Waals surface area contributed by atoms with E-state index in [1.54, 1.807) is 5.32 Å². The summed E-state index contributed by atoms with van der Waals surface area (Å²) in [4.78, 5) is 29.2. The lowest BCUT2D eigenvalue weighted by Crippen LogP contribution is -2.56. The van der Waals surface area contributed by atoms with Gasteiger partial charge in [0.05, 0.1) is 12.2 Å². The van der Waals surface area contributed by atoms with Crippen LogP contribution in [-0.2, 0) is 4.79 Å². The monoisotopic (exact) mass is 416 g/mol. The Balaban J connectivity index is 0.000000280. The summed E-state index contributed by atoms with van der Waals surface area (Å²) in [5, 5.41) is 9.22. The molecule has 1 aromatic heterocycles. The van der Waals surface area contributed by atoms with Crippen LogP contribution in [0.25, 0.3) is 0 Å². The number of carbonyl (C=O) groups excluding carboxylic acids is 2. The van der Waals surface area contributed by atoms with E-state index < -0.39 is 43.3 Å². The van der Waals surface area contributed by atoms with Crippen molar-refractivity contribution >= 4 is 11.8 Å². The molecule has 14 heteroatoms. The number of piperazine rings is 1. The maximum atomic E-state index is 11.7. The summed E-state index contributed by atoms with van der Waals surface area (Å²) < 4.78 is 70.2. The van der Waals surface area contributed by atoms with Gasteiger partial charge in [-0.1, -0.05) is 0 Å². The summed E-state index contributed by atoms with van der Waals surface area (Å²) in [5.74, 6) is -1.51. The molecule has 0 bridgehead atoms. The topological polar surface area (TPSA) is 108 Å². The van der Waals surface area contributed by atoms with Crippen LogP contribution in [0.3, 0.4) is 0 Å². The van der Waals surface area contributed by atoms with Gasteiger partial charge in [0, 0.05) is 32.0 Å². The van der Waals surface area contributed by atoms with E-state index in [-0.39, 0.29) is 5.69 Å². The van der Waals surface area contributed by atoms with Crippen LogP contribution < -0.4 is 21.3 Å². The van der Waals surface area contributed by atoms with Crippen molar-refractivity contribution in [1.82, 2.24) is 31.2 Å². The largest absolute Gasteiger partial charge is 0.405 e. The molecule has 2 amide bonds. The van der Waals surface area contributed by atoms with E-state index in [9.17, 15) is 35.9 Å². The van der Waals surface area contributed by atoms with Gasteiger partial charge in [0.1, 0.15) is 18.8 Å². The molecular weight excluding hydrogens is 398 g/mol. The number of rotatable bonds is 4. The van der Waals surface area contributed by atoms with Crippen LogP contribution in [0.15, 0.2) is 18.6 Å². The number of nitrogens with zero attached hydrogens (tertiary/aromatic N) is 2. The van der Waals surface area contributed by atoms with E-state index in [4.69, 9.17) is 0 Å². The molecule has 4 N–H and O–H groups in total. The Morgan fingerprint density at radius 2 is 1.68 bits per heavy atom. The smallest absolute Gasteiger partial charge is 0.346 e. The Bertz CT molecular complexity index is 619. The average Bonchev–Trinajstić information content (AvgIpc) is 2.65. The second-order valence-corrected chi connectivity index (χ2v) is 5.43. The van der Waals surface area contributed by atoms with E-state index >= 15 is 0 Å². The number of hydrogen-bond acceptors (Lipinski definition) is 6. The maximum Gasteiger partial charge on any atom is 0.405 e. The van der Waals surface area contributed by atoms with Gasteiger partial charge in [-0.3, -0.25) is 14.6 Å². The molecule has 0 radical (unpaired) electrons. The van der Waals surface area contributed by atoms with Gasteiger partial charge in [-0.15, -0.1) is 0 Å². The molecule has 8 nitrogen and oxygen atoms in total. The Hall–Kier alpha value is -2.48. The van der Waals surface area contributed by atoms with E-state index in [0.717, 1.165) is 12.7 Å². The van der Waals surface area contributed by atoms with Gasteiger partial charge in [0.15, 0.2) is 0 Å². The van der Waals surface area contributed by atoms with Gasteiger partial charge in [-0.05, 0) is 0 Å². The quantitative estimate of drug-likeness (QED) is 0.515. The Kier molecular flexibility index (Phi) is 9.05. The number of carbonyl (C=O) groups is 2. The zero-order valence-corrected chi connectivity index (χ0v) is 14.3. The number of hydrogen-bond donors (Lipinski definition) is 4. The standard InChI is InChI=1S/C7H12F3N3O.C7H6F3N3O/c2*8-7(9,10)4-13-6(14)5-3-11-1-2-12-5/h5,11-12H,1-4H2,(H,13,14);1-3H,4H2,(H,13,14). The summed E-state index contributed by atoms with van der Waals surface area (Å²) in [6, 6.07) is -0.564. The summed E-state index contributed by atoms with van der Waals surface area (Å²) >= 11 is 0. The molecule has 0 saturated carbocycles. The van der Waals surface area contributed by atoms with Gasteiger partial charge >= 0.3 is 12.4 Å². The molecule has 1 fully saturated rings. The lowest BCUT2D eigenvalue weighted by atomic mass is 10.2. The molecule has 0 aromatic carbocycles. The molecule has 1 unspecified atom stereocenters. The lowest BCUT2D eigenvalue weighted by molar-refractivity contribution is -0.139. The summed E-state index contributed by atoms with van der Waals surface area (Å²) in [5.41, 5.74) is -0.142. The first-order valence-corrected chi connectivity index (χ1v) is 7.87. The van der Waals surface area contributed by atoms with Crippen molar-refractivity contribution in [2.45, 2.75) is 18.4 Å². The van der Waals surface area contributed by atoms with E-state index in [1.807, 2.05) is 5.32 Å². The van der Waals surface area contributed by atoms with Crippen LogP contribution in [0.5, 0.6) is 0 Å². The minimum absolute atomic E-state index is 0.142. The molecule has 2 heterocycles. The highest BCUT2D eigenvalue weighted by Crippen LogP contribution is 2.12. The third-order valence-electron chi connectivity index (χ3n) is 3.07. The molecule has 28 heavy (non-hydrogen) atoms. The summed E-state index contributed by atoms with van der Waals surface area (Å²) in [7, 11) is 0. The highest BCUT2D eigenvalue weighted by atomic mass is 19.4. The fraction of sp³-hybridized carbons (Fsp3) is 0.571. The molecule has 158 valence electrons. The van der Waals surface area contributed by atoms with E-state index in [0.29, 0.717) is 13.1 Å². The van der Waals surface area contributed by atoms with Gasteiger partial charge < -0.3 is 21.3 Å². The van der Waals surface area contributed by atoms with Crippen LogP contribution in [0.2, 0.25) is 0 Å². The van der Waals surface area contributed by atoms with Crippen LogP contribution in [0.4, 0.5) is 26.3 Å². The van der Waals surface area contributed by atoms with Crippen LogP contribution in [-0.4, -0.2) is 72.9 Å². The Morgan fingerprint density at radius 1 is 1.04 bits per heavy atom. The summed E-state index contributed by atoms with van der Waals surface area (Å²) in [6.07, 6.45) is -5.13. The fourth-order valence-electron chi connectivity index (χ4n) is 1.84. The van der Waals surface area contributed by atoms with Crippen molar-refractivity contribution in [2.24, 2.45) is 0 Å². The number of halogens is 6. The van der Waals surface area contributed by atoms with E-state index in [2.05, 4.69) is 20.6 Å². The van der Waals surface area contributed by atoms with Crippen molar-refractivity contribution < 1.29 is 35.9 Å². The predicted molar refractivity (Wildman–Crippen MR) is 84.1 cm³/mol. The molecule has 2 rings (SSSR count). The van der Waals surface area contributed by atoms with Gasteiger partial charge in [-0.2, -0.15) is 26.3 Å². The van der Waals surface area contributed by atoms with Crippen LogP contribution in [0.1, 0.15) is 10.5 Å². The lowest BCUT2D eigenvalue weighted by Gasteiger charge is -2.23. The molecule has 1 atom stereocenters. The first-order chi connectivity index (χ1) is 13.0. The number of alkyl halides is 6. The zero-order valence-electron chi connectivity index (χ0n) is 14.3. The molecule has 0 aliphatic carbocycles. The third-order valence-corrected chi connectivity index (χ3v) is 3.07. The van der Waals surface area contributed by atoms with Crippen molar-refractivity contribution in [1.29, 1.82) is 0 Å². The first kappa shape index (κ1) is 23.6. The Morgan fingerprint density at radius 3 is 2.18 bits per heavy atom. The molecule has 1 aliphatic heterocycles. The zero-order chi connectivity index (χ0) is 21.2. The van der Waals surface area contributed by atoms with Crippen LogP contribution >= 0.6 is 0 Å². The minimum Gasteiger partial charge on any atom is -0.346 e. The number of amides is 2. The molecule has 1 aromatic rings. The fourth-order valence-corrected chi connectivity index (χ4v) is 1.84. The van der Waals surface area contributed by atoms with Crippen molar-refractivity contribution in [3.63, 3.8) is 0 Å². The highest BCUT2D eigenvalue weighted by Gasteiger charge is 2.30. The molecule has 1 aliphatic rings. The number of nitrogens with one attached hydrogen (secondary N) is 4. The van der Waals surface area contributed by atoms with Crippen molar-refractivity contribution in [3.05, 3.63) is 24.3 Å². The SMILES string of the molecule is O=C(NCC(F)(F)F)C1CNCCN1.O=C(NCC(F)(F)F)c1cnccn1. The molecule has 0 spiro atoms.